The van der Waals surface area contributed by atoms with Gasteiger partial charge in [0.25, 0.3) is 0 Å². The molecular weight excluding hydrogens is 242 g/mol. The molecular formula is C15H25NO3. The smallest absolute Gasteiger partial charge is 0.168 e. The van der Waals surface area contributed by atoms with Crippen molar-refractivity contribution < 1.29 is 15.0 Å². The molecule has 1 atom stereocenters. The van der Waals surface area contributed by atoms with E-state index in [9.17, 15) is 15.0 Å². The molecule has 0 aromatic rings. The Morgan fingerprint density at radius 2 is 2.11 bits per heavy atom. The van der Waals surface area contributed by atoms with Gasteiger partial charge in [0.1, 0.15) is 5.76 Å². The summed E-state index contributed by atoms with van der Waals surface area (Å²) in [5.41, 5.74) is 1.11. The van der Waals surface area contributed by atoms with Crippen molar-refractivity contribution in [2.45, 2.75) is 64.8 Å². The number of hydrogen-bond acceptors (Lipinski definition) is 4. The number of Topliss-reactive ketones (excluding diaryl/α,β-unsaturated/α-hetero) is 1. The van der Waals surface area contributed by atoms with E-state index in [2.05, 4.69) is 11.9 Å². The predicted octanol–water partition coefficient (Wildman–Crippen LogP) is 2.95. The summed E-state index contributed by atoms with van der Waals surface area (Å²) in [6, 6.07) is -0.171. The van der Waals surface area contributed by atoms with Gasteiger partial charge in [-0.25, -0.2) is 0 Å². The molecule has 0 heterocycles. The molecule has 1 saturated carbocycles. The van der Waals surface area contributed by atoms with Gasteiger partial charge in [0.2, 0.25) is 0 Å². The number of aliphatic hydroxyl groups is 2. The fourth-order valence-corrected chi connectivity index (χ4v) is 2.23. The molecule has 0 aromatic heterocycles. The number of carbonyl (C=O) groups excluding carboxylic acids is 1. The summed E-state index contributed by atoms with van der Waals surface area (Å²) in [6.45, 7) is 3.99. The minimum Gasteiger partial charge on any atom is -0.511 e. The third-order valence-corrected chi connectivity index (χ3v) is 3.46. The van der Waals surface area contributed by atoms with E-state index in [0.29, 0.717) is 30.5 Å². The molecule has 0 radical (unpaired) electrons. The summed E-state index contributed by atoms with van der Waals surface area (Å²) in [5, 5.41) is 19.3. The van der Waals surface area contributed by atoms with Gasteiger partial charge in [-0.2, -0.15) is 0 Å². The van der Waals surface area contributed by atoms with Crippen molar-refractivity contribution in [3.8, 4) is 0 Å². The maximum atomic E-state index is 12.0. The van der Waals surface area contributed by atoms with Crippen molar-refractivity contribution >= 4 is 11.5 Å². The van der Waals surface area contributed by atoms with Crippen LogP contribution < -0.4 is 0 Å². The van der Waals surface area contributed by atoms with Crippen LogP contribution in [0.1, 0.15) is 58.8 Å². The standard InChI is InChI=1S/C15H25NO3/c1-3-5-8-13(18)15-12(7-6-9-14(15)19)16-11(4-2)10-17/h11,17-18H,3-10H2,1-2H3/b15-13+,16-12?. The van der Waals surface area contributed by atoms with Crippen LogP contribution in [-0.2, 0) is 4.79 Å². The van der Waals surface area contributed by atoms with E-state index < -0.39 is 0 Å². The van der Waals surface area contributed by atoms with Crippen LogP contribution in [0.25, 0.3) is 0 Å². The van der Waals surface area contributed by atoms with Crippen LogP contribution in [0.3, 0.4) is 0 Å². The third kappa shape index (κ3) is 4.46. The number of rotatable bonds is 6. The maximum absolute atomic E-state index is 12.0. The molecule has 19 heavy (non-hydrogen) atoms. The summed E-state index contributed by atoms with van der Waals surface area (Å²) in [7, 11) is 0. The van der Waals surface area contributed by atoms with E-state index in [1.807, 2.05) is 6.92 Å². The van der Waals surface area contributed by atoms with Crippen LogP contribution in [0.15, 0.2) is 16.3 Å². The van der Waals surface area contributed by atoms with Crippen molar-refractivity contribution in [1.82, 2.24) is 0 Å². The first-order chi connectivity index (χ1) is 9.13. The maximum Gasteiger partial charge on any atom is 0.168 e. The highest BCUT2D eigenvalue weighted by Gasteiger charge is 2.25. The average Bonchev–Trinajstić information content (AvgIpc) is 2.42. The Labute approximate surface area is 115 Å². The highest BCUT2D eigenvalue weighted by Crippen LogP contribution is 2.23. The first-order valence-electron chi connectivity index (χ1n) is 7.27. The van der Waals surface area contributed by atoms with E-state index in [1.54, 1.807) is 0 Å². The van der Waals surface area contributed by atoms with Gasteiger partial charge in [-0.05, 0) is 25.7 Å². The molecule has 4 nitrogen and oxygen atoms in total. The molecule has 0 amide bonds. The summed E-state index contributed by atoms with van der Waals surface area (Å²) in [6.07, 6.45) is 5.10. The summed E-state index contributed by atoms with van der Waals surface area (Å²) in [4.78, 5) is 16.5. The van der Waals surface area contributed by atoms with Gasteiger partial charge in [-0.3, -0.25) is 9.79 Å². The molecule has 4 heteroatoms. The molecule has 0 spiro atoms. The van der Waals surface area contributed by atoms with Gasteiger partial charge in [-0.1, -0.05) is 20.3 Å². The van der Waals surface area contributed by atoms with Gasteiger partial charge < -0.3 is 10.2 Å². The van der Waals surface area contributed by atoms with Gasteiger partial charge in [-0.15, -0.1) is 0 Å². The lowest BCUT2D eigenvalue weighted by Crippen LogP contribution is -2.24. The highest BCUT2D eigenvalue weighted by atomic mass is 16.3. The lowest BCUT2D eigenvalue weighted by Gasteiger charge is -2.19. The molecule has 1 aliphatic carbocycles. The number of unbranched alkanes of at least 4 members (excludes halogenated alkanes) is 1. The van der Waals surface area contributed by atoms with Crippen LogP contribution in [0.4, 0.5) is 0 Å². The SMILES string of the molecule is CCCC/C(O)=C1\C(=O)CCCC1=NC(CC)CO. The topological polar surface area (TPSA) is 69.9 Å². The molecule has 0 saturated heterocycles. The summed E-state index contributed by atoms with van der Waals surface area (Å²) >= 11 is 0. The van der Waals surface area contributed by atoms with E-state index in [4.69, 9.17) is 0 Å². The zero-order valence-electron chi connectivity index (χ0n) is 12.0. The zero-order valence-corrected chi connectivity index (χ0v) is 12.0. The average molecular weight is 267 g/mol. The third-order valence-electron chi connectivity index (χ3n) is 3.46. The number of ketones is 1. The quantitative estimate of drug-likeness (QED) is 0.574. The molecule has 108 valence electrons. The van der Waals surface area contributed by atoms with Crippen LogP contribution >= 0.6 is 0 Å². The molecule has 1 unspecified atom stereocenters. The summed E-state index contributed by atoms with van der Waals surface area (Å²) in [5.74, 6) is 0.171. The van der Waals surface area contributed by atoms with Crippen LogP contribution in [0.5, 0.6) is 0 Å². The molecule has 1 fully saturated rings. The number of aliphatic imine (C=N–C) groups is 1. The van der Waals surface area contributed by atoms with Crippen LogP contribution in [-0.4, -0.2) is 34.4 Å². The van der Waals surface area contributed by atoms with E-state index in [1.165, 1.54) is 0 Å². The van der Waals surface area contributed by atoms with Gasteiger partial charge >= 0.3 is 0 Å². The van der Waals surface area contributed by atoms with Gasteiger partial charge in [0.15, 0.2) is 5.78 Å². The number of hydrogen-bond donors (Lipinski definition) is 2. The Kier molecular flexibility index (Phi) is 6.78. The van der Waals surface area contributed by atoms with Gasteiger partial charge in [0, 0.05) is 18.6 Å². The second-order valence-electron chi connectivity index (χ2n) is 5.02. The monoisotopic (exact) mass is 267 g/mol. The number of carbonyl (C=O) groups is 1. The van der Waals surface area contributed by atoms with Gasteiger partial charge in [0.05, 0.1) is 18.2 Å². The van der Waals surface area contributed by atoms with Crippen molar-refractivity contribution in [3.05, 3.63) is 11.3 Å². The number of aliphatic hydroxyl groups excluding tert-OH is 2. The lowest BCUT2D eigenvalue weighted by atomic mass is 9.89. The largest absolute Gasteiger partial charge is 0.511 e. The van der Waals surface area contributed by atoms with Crippen molar-refractivity contribution in [3.63, 3.8) is 0 Å². The normalized spacial score (nSPS) is 22.7. The minimum atomic E-state index is -0.171. The van der Waals surface area contributed by atoms with E-state index in [0.717, 1.165) is 25.7 Å². The van der Waals surface area contributed by atoms with Crippen molar-refractivity contribution in [2.75, 3.05) is 6.61 Å². The molecule has 0 aliphatic heterocycles. The van der Waals surface area contributed by atoms with Crippen molar-refractivity contribution in [2.24, 2.45) is 4.99 Å². The Hall–Kier alpha value is -1.16. The molecule has 2 N–H and O–H groups in total. The van der Waals surface area contributed by atoms with Crippen LogP contribution in [0, 0.1) is 0 Å². The zero-order chi connectivity index (χ0) is 14.3. The lowest BCUT2D eigenvalue weighted by molar-refractivity contribution is -0.115. The molecule has 0 bridgehead atoms. The molecule has 0 aromatic carbocycles. The minimum absolute atomic E-state index is 0.00797. The first-order valence-corrected chi connectivity index (χ1v) is 7.27. The second kappa shape index (κ2) is 8.10. The van der Waals surface area contributed by atoms with E-state index in [-0.39, 0.29) is 24.2 Å². The summed E-state index contributed by atoms with van der Waals surface area (Å²) < 4.78 is 0. The Morgan fingerprint density at radius 3 is 2.68 bits per heavy atom. The number of nitrogens with zero attached hydrogens (tertiary/aromatic N) is 1. The van der Waals surface area contributed by atoms with Crippen LogP contribution in [0.2, 0.25) is 0 Å². The van der Waals surface area contributed by atoms with Crippen molar-refractivity contribution in [1.29, 1.82) is 0 Å². The Bertz CT molecular complexity index is 368. The fraction of sp³-hybridized carbons (Fsp3) is 0.733. The predicted molar refractivity (Wildman–Crippen MR) is 76.6 cm³/mol. The molecule has 1 aliphatic rings. The second-order valence-corrected chi connectivity index (χ2v) is 5.02. The first kappa shape index (κ1) is 15.9. The molecule has 1 rings (SSSR count). The van der Waals surface area contributed by atoms with E-state index >= 15 is 0 Å². The number of allylic oxidation sites excluding steroid dienone is 2. The Balaban J connectivity index is 3.01. The highest BCUT2D eigenvalue weighted by molar-refractivity contribution is 6.24. The Morgan fingerprint density at radius 1 is 1.37 bits per heavy atom. The fourth-order valence-electron chi connectivity index (χ4n) is 2.23.